The molecule has 35 heavy (non-hydrogen) atoms. The predicted molar refractivity (Wildman–Crippen MR) is 146 cm³/mol. The number of halogens is 1. The Morgan fingerprint density at radius 1 is 1.09 bits per heavy atom. The summed E-state index contributed by atoms with van der Waals surface area (Å²) in [5.41, 5.74) is 3.80. The fourth-order valence-electron chi connectivity index (χ4n) is 4.13. The van der Waals surface area contributed by atoms with Crippen LogP contribution in [0, 0.1) is 17.8 Å². The highest BCUT2D eigenvalue weighted by molar-refractivity contribution is 7.99. The minimum atomic E-state index is -0.199. The lowest BCUT2D eigenvalue weighted by Gasteiger charge is -2.16. The van der Waals surface area contributed by atoms with Gasteiger partial charge in [0, 0.05) is 23.8 Å². The quantitative estimate of drug-likeness (QED) is 0.177. The normalized spacial score (nSPS) is 13.6. The highest BCUT2D eigenvalue weighted by Crippen LogP contribution is 2.29. The zero-order chi connectivity index (χ0) is 24.7. The first-order chi connectivity index (χ1) is 16.8. The van der Waals surface area contributed by atoms with Crippen LogP contribution in [-0.2, 0) is 4.79 Å². The summed E-state index contributed by atoms with van der Waals surface area (Å²) in [5, 5.41) is 1.12. The minimum Gasteiger partial charge on any atom is -0.342 e. The van der Waals surface area contributed by atoms with Gasteiger partial charge in [-0.15, -0.1) is 0 Å². The number of aryl methyl sites for hydroxylation is 2. The maximum atomic E-state index is 13.8. The van der Waals surface area contributed by atoms with Crippen molar-refractivity contribution in [2.45, 2.75) is 31.8 Å². The second kappa shape index (κ2) is 9.89. The molecule has 1 fully saturated rings. The Balaban J connectivity index is 1.67. The largest absolute Gasteiger partial charge is 0.342 e. The average Bonchev–Trinajstić information content (AvgIpc) is 3.49. The van der Waals surface area contributed by atoms with Crippen LogP contribution in [0.25, 0.3) is 21.7 Å². The van der Waals surface area contributed by atoms with E-state index in [1.54, 1.807) is 4.57 Å². The number of amides is 1. The molecule has 6 nitrogen and oxygen atoms in total. The smallest absolute Gasteiger partial charge is 0.278 e. The van der Waals surface area contributed by atoms with Gasteiger partial charge in [-0.25, -0.2) is 4.98 Å². The van der Waals surface area contributed by atoms with Gasteiger partial charge in [-0.3, -0.25) is 18.7 Å². The Morgan fingerprint density at radius 2 is 1.77 bits per heavy atom. The fourth-order valence-corrected chi connectivity index (χ4v) is 6.46. The third kappa shape index (κ3) is 4.70. The number of benzene rings is 2. The lowest BCUT2D eigenvalue weighted by molar-refractivity contribution is -0.127. The standard InChI is InChI=1S/C25H23ClN4O2S3/c1-15-5-7-17(8-6-15)30-23(32)21-22(27-24(30)34-14-20(31)28-11-3-4-12-28)29(25(33)35-21)18-9-10-19(26)16(2)13-18/h5-10,13H,3-4,11-12,14H2,1-2H3. The van der Waals surface area contributed by atoms with Crippen LogP contribution in [-0.4, -0.2) is 43.8 Å². The highest BCUT2D eigenvalue weighted by Gasteiger charge is 2.22. The molecule has 0 atom stereocenters. The summed E-state index contributed by atoms with van der Waals surface area (Å²) in [7, 11) is 0. The van der Waals surface area contributed by atoms with E-state index in [0.717, 1.165) is 42.7 Å². The van der Waals surface area contributed by atoms with Crippen LogP contribution < -0.4 is 5.56 Å². The van der Waals surface area contributed by atoms with Crippen molar-refractivity contribution in [1.82, 2.24) is 19.0 Å². The molecular formula is C25H23ClN4O2S3. The first-order valence-electron chi connectivity index (χ1n) is 11.3. The molecule has 0 N–H and O–H groups in total. The molecule has 180 valence electrons. The van der Waals surface area contributed by atoms with Gasteiger partial charge in [0.25, 0.3) is 5.56 Å². The van der Waals surface area contributed by atoms with Crippen molar-refractivity contribution in [1.29, 1.82) is 0 Å². The number of aromatic nitrogens is 3. The van der Waals surface area contributed by atoms with E-state index in [1.807, 2.05) is 65.8 Å². The molecule has 1 aliphatic heterocycles. The topological polar surface area (TPSA) is 60.1 Å². The van der Waals surface area contributed by atoms with Crippen molar-refractivity contribution in [2.75, 3.05) is 18.8 Å². The summed E-state index contributed by atoms with van der Waals surface area (Å²) in [6, 6.07) is 13.3. The maximum absolute atomic E-state index is 13.8. The minimum absolute atomic E-state index is 0.0628. The molecule has 1 amide bonds. The SMILES string of the molecule is Cc1ccc(-n2c(SCC(=O)N3CCCC3)nc3c(sc(=S)n3-c3ccc(Cl)c(C)c3)c2=O)cc1. The van der Waals surface area contributed by atoms with Gasteiger partial charge in [0.2, 0.25) is 5.91 Å². The number of rotatable bonds is 5. The van der Waals surface area contributed by atoms with E-state index in [-0.39, 0.29) is 17.2 Å². The first-order valence-corrected chi connectivity index (χ1v) is 13.8. The number of hydrogen-bond donors (Lipinski definition) is 0. The van der Waals surface area contributed by atoms with Gasteiger partial charge in [-0.05, 0) is 74.8 Å². The zero-order valence-electron chi connectivity index (χ0n) is 19.3. The van der Waals surface area contributed by atoms with Crippen LogP contribution in [0.1, 0.15) is 24.0 Å². The predicted octanol–water partition coefficient (Wildman–Crippen LogP) is 5.95. The Hall–Kier alpha value is -2.46. The van der Waals surface area contributed by atoms with Crippen molar-refractivity contribution in [3.05, 3.63) is 72.9 Å². The molecule has 2 aromatic carbocycles. The van der Waals surface area contributed by atoms with Crippen LogP contribution in [0.2, 0.25) is 5.02 Å². The number of hydrogen-bond acceptors (Lipinski definition) is 6. The molecule has 0 spiro atoms. The summed E-state index contributed by atoms with van der Waals surface area (Å²) in [6.45, 7) is 5.50. The van der Waals surface area contributed by atoms with E-state index >= 15 is 0 Å². The van der Waals surface area contributed by atoms with E-state index in [1.165, 1.54) is 23.1 Å². The molecule has 2 aromatic heterocycles. The Kier molecular flexibility index (Phi) is 6.85. The summed E-state index contributed by atoms with van der Waals surface area (Å²) < 4.78 is 4.40. The number of carbonyl (C=O) groups excluding carboxylic acids is 1. The molecule has 4 aromatic rings. The molecule has 0 radical (unpaired) electrons. The summed E-state index contributed by atoms with van der Waals surface area (Å²) >= 11 is 14.4. The van der Waals surface area contributed by atoms with Crippen molar-refractivity contribution >= 4 is 63.2 Å². The summed E-state index contributed by atoms with van der Waals surface area (Å²) in [6.07, 6.45) is 2.07. The molecule has 10 heteroatoms. The fraction of sp³-hybridized carbons (Fsp3) is 0.280. The molecule has 5 rings (SSSR count). The van der Waals surface area contributed by atoms with Crippen molar-refractivity contribution in [3.8, 4) is 11.4 Å². The molecule has 0 saturated carbocycles. The Labute approximate surface area is 221 Å². The van der Waals surface area contributed by atoms with Crippen LogP contribution >= 0.6 is 46.9 Å². The Bertz CT molecular complexity index is 1550. The summed E-state index contributed by atoms with van der Waals surface area (Å²) in [5.74, 6) is 0.280. The van der Waals surface area contributed by atoms with Crippen molar-refractivity contribution in [2.24, 2.45) is 0 Å². The van der Waals surface area contributed by atoms with E-state index < -0.39 is 0 Å². The lowest BCUT2D eigenvalue weighted by Crippen LogP contribution is -2.29. The van der Waals surface area contributed by atoms with Crippen molar-refractivity contribution < 1.29 is 4.79 Å². The van der Waals surface area contributed by atoms with Gasteiger partial charge in [0.1, 0.15) is 4.70 Å². The van der Waals surface area contributed by atoms with Crippen LogP contribution in [0.5, 0.6) is 0 Å². The molecule has 0 unspecified atom stereocenters. The second-order valence-electron chi connectivity index (χ2n) is 8.54. The molecule has 0 bridgehead atoms. The maximum Gasteiger partial charge on any atom is 0.278 e. The third-order valence-corrected chi connectivity index (χ3v) is 8.75. The van der Waals surface area contributed by atoms with Gasteiger partial charge in [-0.2, -0.15) is 0 Å². The third-order valence-electron chi connectivity index (χ3n) is 6.05. The zero-order valence-corrected chi connectivity index (χ0v) is 22.5. The molecule has 1 aliphatic rings. The molecule has 0 aliphatic carbocycles. The summed E-state index contributed by atoms with van der Waals surface area (Å²) in [4.78, 5) is 33.4. The van der Waals surface area contributed by atoms with Gasteiger partial charge < -0.3 is 4.90 Å². The lowest BCUT2D eigenvalue weighted by atomic mass is 10.2. The van der Waals surface area contributed by atoms with E-state index in [4.69, 9.17) is 28.8 Å². The van der Waals surface area contributed by atoms with Crippen LogP contribution in [0.3, 0.4) is 0 Å². The molecule has 3 heterocycles. The molecule has 1 saturated heterocycles. The van der Waals surface area contributed by atoms with Gasteiger partial charge in [0.15, 0.2) is 14.8 Å². The number of likely N-dealkylation sites (tertiary alicyclic amines) is 1. The van der Waals surface area contributed by atoms with Gasteiger partial charge in [-0.1, -0.05) is 52.4 Å². The first kappa shape index (κ1) is 24.2. The van der Waals surface area contributed by atoms with Gasteiger partial charge in [0.05, 0.1) is 11.4 Å². The highest BCUT2D eigenvalue weighted by atomic mass is 35.5. The van der Waals surface area contributed by atoms with Crippen LogP contribution in [0.4, 0.5) is 0 Å². The second-order valence-corrected chi connectivity index (χ2v) is 11.5. The number of fused-ring (bicyclic) bond motifs is 1. The monoisotopic (exact) mass is 542 g/mol. The van der Waals surface area contributed by atoms with Crippen LogP contribution in [0.15, 0.2) is 52.4 Å². The number of thiazole rings is 1. The average molecular weight is 543 g/mol. The number of nitrogens with zero attached hydrogens (tertiary/aromatic N) is 4. The number of thioether (sulfide) groups is 1. The van der Waals surface area contributed by atoms with E-state index in [2.05, 4.69) is 0 Å². The number of carbonyl (C=O) groups is 1. The van der Waals surface area contributed by atoms with E-state index in [0.29, 0.717) is 30.2 Å². The molecular weight excluding hydrogens is 520 g/mol. The van der Waals surface area contributed by atoms with E-state index in [9.17, 15) is 9.59 Å². The Morgan fingerprint density at radius 3 is 2.46 bits per heavy atom. The van der Waals surface area contributed by atoms with Gasteiger partial charge >= 0.3 is 0 Å². The van der Waals surface area contributed by atoms with Crippen molar-refractivity contribution in [3.63, 3.8) is 0 Å².